The van der Waals surface area contributed by atoms with Crippen molar-refractivity contribution in [3.05, 3.63) is 47.5 Å². The molecular weight excluding hydrogens is 356 g/mol. The average molecular weight is 382 g/mol. The van der Waals surface area contributed by atoms with Gasteiger partial charge in [-0.15, -0.1) is 0 Å². The molecule has 0 spiro atoms. The number of hydrogen-bond acceptors (Lipinski definition) is 4. The zero-order valence-corrected chi connectivity index (χ0v) is 15.9. The minimum Gasteiger partial charge on any atom is -0.508 e. The molecule has 1 atom stereocenters. The van der Waals surface area contributed by atoms with Crippen LogP contribution in [0, 0.1) is 0 Å². The standard InChI is InChI=1S/C21H26N4O3/c26-16-6-4-5-15(11-16)17-12-25(13-18-21(17)23-14-22-18)20(28)8-10-24-9-3-1-2-7-19(24)27/h4-6,11,14,17,26H,1-3,7-10,12-13H2,(H,22,23). The first kappa shape index (κ1) is 18.5. The van der Waals surface area contributed by atoms with Crippen molar-refractivity contribution in [1.29, 1.82) is 0 Å². The van der Waals surface area contributed by atoms with Gasteiger partial charge >= 0.3 is 0 Å². The number of aromatic hydroxyl groups is 1. The molecule has 0 radical (unpaired) electrons. The van der Waals surface area contributed by atoms with Crippen molar-refractivity contribution in [3.63, 3.8) is 0 Å². The van der Waals surface area contributed by atoms with Gasteiger partial charge in [0.05, 0.1) is 24.3 Å². The smallest absolute Gasteiger partial charge is 0.224 e. The summed E-state index contributed by atoms with van der Waals surface area (Å²) in [7, 11) is 0. The molecule has 0 aliphatic carbocycles. The van der Waals surface area contributed by atoms with Gasteiger partial charge in [0.15, 0.2) is 0 Å². The highest BCUT2D eigenvalue weighted by atomic mass is 16.3. The fourth-order valence-electron chi connectivity index (χ4n) is 4.18. The molecule has 2 aromatic rings. The van der Waals surface area contributed by atoms with Crippen LogP contribution in [0.15, 0.2) is 30.6 Å². The largest absolute Gasteiger partial charge is 0.508 e. The van der Waals surface area contributed by atoms with Gasteiger partial charge in [-0.3, -0.25) is 9.59 Å². The number of aromatic nitrogens is 2. The molecule has 1 unspecified atom stereocenters. The first-order chi connectivity index (χ1) is 13.6. The van der Waals surface area contributed by atoms with Gasteiger partial charge in [0.25, 0.3) is 0 Å². The third-order valence-corrected chi connectivity index (χ3v) is 5.73. The summed E-state index contributed by atoms with van der Waals surface area (Å²) in [4.78, 5) is 36.3. The van der Waals surface area contributed by atoms with Crippen LogP contribution >= 0.6 is 0 Å². The molecule has 0 saturated carbocycles. The number of H-pyrrole nitrogens is 1. The van der Waals surface area contributed by atoms with Crippen molar-refractivity contribution in [1.82, 2.24) is 19.8 Å². The number of nitrogens with one attached hydrogen (secondary N) is 1. The minimum absolute atomic E-state index is 0.0439. The highest BCUT2D eigenvalue weighted by molar-refractivity contribution is 5.79. The summed E-state index contributed by atoms with van der Waals surface area (Å²) in [5.41, 5.74) is 2.80. The normalized spacial score (nSPS) is 20.0. The van der Waals surface area contributed by atoms with E-state index in [0.717, 1.165) is 42.8 Å². The summed E-state index contributed by atoms with van der Waals surface area (Å²) < 4.78 is 0. The van der Waals surface area contributed by atoms with E-state index in [1.54, 1.807) is 18.5 Å². The van der Waals surface area contributed by atoms with Gasteiger partial charge in [0, 0.05) is 38.4 Å². The number of phenolic OH excluding ortho intramolecular Hbond substituents is 1. The number of carbonyl (C=O) groups excluding carboxylic acids is 2. The van der Waals surface area contributed by atoms with Crippen LogP contribution in [0.25, 0.3) is 0 Å². The summed E-state index contributed by atoms with van der Waals surface area (Å²) in [6.07, 6.45) is 5.63. The number of rotatable bonds is 4. The molecule has 1 aromatic carbocycles. The Bertz CT molecular complexity index is 863. The van der Waals surface area contributed by atoms with Gasteiger partial charge in [-0.25, -0.2) is 4.98 Å². The van der Waals surface area contributed by atoms with E-state index >= 15 is 0 Å². The average Bonchev–Trinajstić information content (AvgIpc) is 3.08. The molecular formula is C21H26N4O3. The van der Waals surface area contributed by atoms with E-state index in [-0.39, 0.29) is 23.5 Å². The van der Waals surface area contributed by atoms with Gasteiger partial charge in [0.1, 0.15) is 5.75 Å². The SMILES string of the molecule is O=C1CCCCCN1CCC(=O)N1Cc2[nH]cnc2C(c2cccc(O)c2)C1. The molecule has 2 amide bonds. The van der Waals surface area contributed by atoms with Crippen LogP contribution in [-0.4, -0.2) is 56.3 Å². The molecule has 148 valence electrons. The molecule has 1 fully saturated rings. The predicted octanol–water partition coefficient (Wildman–Crippen LogP) is 2.38. The Labute approximate surface area is 164 Å². The molecule has 7 nitrogen and oxygen atoms in total. The number of phenols is 1. The number of carbonyl (C=O) groups is 2. The van der Waals surface area contributed by atoms with Crippen LogP contribution in [0.1, 0.15) is 55.0 Å². The van der Waals surface area contributed by atoms with E-state index in [0.29, 0.717) is 32.5 Å². The first-order valence-corrected chi connectivity index (χ1v) is 9.98. The lowest BCUT2D eigenvalue weighted by atomic mass is 9.90. The van der Waals surface area contributed by atoms with Crippen LogP contribution in [0.5, 0.6) is 5.75 Å². The Hall–Kier alpha value is -2.83. The van der Waals surface area contributed by atoms with E-state index in [4.69, 9.17) is 0 Å². The third kappa shape index (κ3) is 3.88. The van der Waals surface area contributed by atoms with Crippen LogP contribution in [-0.2, 0) is 16.1 Å². The molecule has 2 aliphatic heterocycles. The number of fused-ring (bicyclic) bond motifs is 1. The van der Waals surface area contributed by atoms with E-state index in [9.17, 15) is 14.7 Å². The molecule has 1 aromatic heterocycles. The summed E-state index contributed by atoms with van der Waals surface area (Å²) >= 11 is 0. The fourth-order valence-corrected chi connectivity index (χ4v) is 4.18. The van der Waals surface area contributed by atoms with Crippen molar-refractivity contribution in [2.75, 3.05) is 19.6 Å². The van der Waals surface area contributed by atoms with E-state index < -0.39 is 0 Å². The van der Waals surface area contributed by atoms with Gasteiger partial charge in [-0.2, -0.15) is 0 Å². The predicted molar refractivity (Wildman–Crippen MR) is 104 cm³/mol. The Balaban J connectivity index is 1.46. The highest BCUT2D eigenvalue weighted by Crippen LogP contribution is 2.33. The van der Waals surface area contributed by atoms with Crippen LogP contribution in [0.4, 0.5) is 0 Å². The quantitative estimate of drug-likeness (QED) is 0.850. The molecule has 2 aliphatic rings. The summed E-state index contributed by atoms with van der Waals surface area (Å²) in [5.74, 6) is 0.337. The molecule has 28 heavy (non-hydrogen) atoms. The number of imidazole rings is 1. The molecule has 0 bridgehead atoms. The van der Waals surface area contributed by atoms with Gasteiger partial charge in [-0.1, -0.05) is 18.6 Å². The van der Waals surface area contributed by atoms with Crippen molar-refractivity contribution in [2.24, 2.45) is 0 Å². The maximum absolute atomic E-state index is 12.9. The number of nitrogens with zero attached hydrogens (tertiary/aromatic N) is 3. The monoisotopic (exact) mass is 382 g/mol. The van der Waals surface area contributed by atoms with Gasteiger partial charge in [-0.05, 0) is 30.5 Å². The molecule has 1 saturated heterocycles. The third-order valence-electron chi connectivity index (χ3n) is 5.73. The topological polar surface area (TPSA) is 89.5 Å². The lowest BCUT2D eigenvalue weighted by Crippen LogP contribution is -2.41. The van der Waals surface area contributed by atoms with Crippen molar-refractivity contribution in [3.8, 4) is 5.75 Å². The summed E-state index contributed by atoms with van der Waals surface area (Å²) in [5, 5.41) is 9.85. The number of amides is 2. The maximum atomic E-state index is 12.9. The number of hydrogen-bond donors (Lipinski definition) is 2. The van der Waals surface area contributed by atoms with Gasteiger partial charge < -0.3 is 19.9 Å². The lowest BCUT2D eigenvalue weighted by Gasteiger charge is -2.33. The second-order valence-corrected chi connectivity index (χ2v) is 7.63. The molecule has 3 heterocycles. The Morgan fingerprint density at radius 1 is 1.29 bits per heavy atom. The number of benzene rings is 1. The Morgan fingerprint density at radius 3 is 3.04 bits per heavy atom. The van der Waals surface area contributed by atoms with Crippen molar-refractivity contribution < 1.29 is 14.7 Å². The van der Waals surface area contributed by atoms with Crippen molar-refractivity contribution in [2.45, 2.75) is 44.6 Å². The second kappa shape index (κ2) is 8.04. The molecule has 2 N–H and O–H groups in total. The van der Waals surface area contributed by atoms with E-state index in [2.05, 4.69) is 9.97 Å². The lowest BCUT2D eigenvalue weighted by molar-refractivity contribution is -0.135. The Kier molecular flexibility index (Phi) is 5.32. The molecule has 4 rings (SSSR count). The van der Waals surface area contributed by atoms with E-state index in [1.807, 2.05) is 21.9 Å². The van der Waals surface area contributed by atoms with Gasteiger partial charge in [0.2, 0.25) is 11.8 Å². The van der Waals surface area contributed by atoms with Crippen LogP contribution in [0.2, 0.25) is 0 Å². The zero-order chi connectivity index (χ0) is 19.5. The minimum atomic E-state index is -0.0779. The van der Waals surface area contributed by atoms with Crippen LogP contribution < -0.4 is 0 Å². The van der Waals surface area contributed by atoms with Crippen molar-refractivity contribution >= 4 is 11.8 Å². The summed E-state index contributed by atoms with van der Waals surface area (Å²) in [6, 6.07) is 7.13. The van der Waals surface area contributed by atoms with Crippen LogP contribution in [0.3, 0.4) is 0 Å². The molecule has 7 heteroatoms. The maximum Gasteiger partial charge on any atom is 0.224 e. The Morgan fingerprint density at radius 2 is 2.18 bits per heavy atom. The zero-order valence-electron chi connectivity index (χ0n) is 15.9. The first-order valence-electron chi connectivity index (χ1n) is 9.98. The second-order valence-electron chi connectivity index (χ2n) is 7.63. The number of aromatic amines is 1. The van der Waals surface area contributed by atoms with E-state index in [1.165, 1.54) is 0 Å². The highest BCUT2D eigenvalue weighted by Gasteiger charge is 2.31. The number of likely N-dealkylation sites (tertiary alicyclic amines) is 1. The fraction of sp³-hybridized carbons (Fsp3) is 0.476. The summed E-state index contributed by atoms with van der Waals surface area (Å²) in [6.45, 7) is 2.26.